The molecular weight excluding hydrogens is 345 g/mol. The monoisotopic (exact) mass is 367 g/mol. The van der Waals surface area contributed by atoms with Crippen LogP contribution in [0.15, 0.2) is 42.5 Å². The third kappa shape index (κ3) is 3.22. The number of ether oxygens (including phenoxy) is 1. The molecule has 27 heavy (non-hydrogen) atoms. The first-order valence-corrected chi connectivity index (χ1v) is 9.25. The summed E-state index contributed by atoms with van der Waals surface area (Å²) in [5.74, 6) is -0.456. The van der Waals surface area contributed by atoms with Gasteiger partial charge in [0, 0.05) is 13.1 Å². The van der Waals surface area contributed by atoms with E-state index in [0.717, 1.165) is 30.4 Å². The standard InChI is InChI=1S/C22H22FNO3/c1-27-20(25)17-5-4-16-8-9-22(13-18(16)12-17)10-11-24(21(22)26)14-15-2-6-19(23)7-3-15/h2-7,12H,8-11,13-14H2,1H3. The number of carbonyl (C=O) groups excluding carboxylic acids is 2. The van der Waals surface area contributed by atoms with Crippen molar-refractivity contribution in [2.45, 2.75) is 32.2 Å². The molecule has 4 nitrogen and oxygen atoms in total. The Morgan fingerprint density at radius 3 is 2.67 bits per heavy atom. The minimum atomic E-state index is -0.387. The van der Waals surface area contributed by atoms with Gasteiger partial charge in [0.2, 0.25) is 5.91 Å². The van der Waals surface area contributed by atoms with Gasteiger partial charge in [0.15, 0.2) is 0 Å². The summed E-state index contributed by atoms with van der Waals surface area (Å²) in [4.78, 5) is 26.9. The average molecular weight is 367 g/mol. The summed E-state index contributed by atoms with van der Waals surface area (Å²) in [6.07, 6.45) is 3.14. The number of methoxy groups -OCH3 is 1. The van der Waals surface area contributed by atoms with Crippen molar-refractivity contribution in [3.05, 3.63) is 70.5 Å². The smallest absolute Gasteiger partial charge is 0.337 e. The number of nitrogens with zero attached hydrogens (tertiary/aromatic N) is 1. The quantitative estimate of drug-likeness (QED) is 0.780. The number of carbonyl (C=O) groups is 2. The zero-order chi connectivity index (χ0) is 19.0. The minimum Gasteiger partial charge on any atom is -0.465 e. The third-order valence-electron chi connectivity index (χ3n) is 5.92. The van der Waals surface area contributed by atoms with Crippen molar-refractivity contribution in [3.8, 4) is 0 Å². The largest absolute Gasteiger partial charge is 0.465 e. The summed E-state index contributed by atoms with van der Waals surface area (Å²) < 4.78 is 17.9. The molecule has 1 aliphatic carbocycles. The maximum atomic E-state index is 13.2. The lowest BCUT2D eigenvalue weighted by molar-refractivity contribution is -0.137. The lowest BCUT2D eigenvalue weighted by atomic mass is 9.70. The fraction of sp³-hybridized carbons (Fsp3) is 0.364. The molecule has 4 rings (SSSR count). The molecule has 1 unspecified atom stereocenters. The van der Waals surface area contributed by atoms with E-state index in [1.807, 2.05) is 17.0 Å². The van der Waals surface area contributed by atoms with E-state index in [1.54, 1.807) is 18.2 Å². The van der Waals surface area contributed by atoms with Gasteiger partial charge < -0.3 is 9.64 Å². The van der Waals surface area contributed by atoms with E-state index < -0.39 is 0 Å². The van der Waals surface area contributed by atoms with Gasteiger partial charge >= 0.3 is 5.97 Å². The molecule has 1 spiro atoms. The van der Waals surface area contributed by atoms with Crippen LogP contribution < -0.4 is 0 Å². The van der Waals surface area contributed by atoms with Crippen LogP contribution >= 0.6 is 0 Å². The number of rotatable bonds is 3. The first-order valence-electron chi connectivity index (χ1n) is 9.25. The molecule has 1 heterocycles. The van der Waals surface area contributed by atoms with E-state index in [-0.39, 0.29) is 23.1 Å². The predicted octanol–water partition coefficient (Wildman–Crippen LogP) is 3.52. The van der Waals surface area contributed by atoms with Crippen LogP contribution in [0.1, 0.15) is 39.9 Å². The van der Waals surface area contributed by atoms with Crippen LogP contribution in [0.2, 0.25) is 0 Å². The third-order valence-corrected chi connectivity index (χ3v) is 5.92. The second-order valence-corrected chi connectivity index (χ2v) is 7.54. The van der Waals surface area contributed by atoms with Crippen molar-refractivity contribution in [1.29, 1.82) is 0 Å². The molecule has 1 saturated heterocycles. The highest BCUT2D eigenvalue weighted by Crippen LogP contribution is 2.44. The molecular formula is C22H22FNO3. The SMILES string of the molecule is COC(=O)c1ccc2c(c1)CC1(CC2)CCN(Cc2ccc(F)cc2)C1=O. The summed E-state index contributed by atoms with van der Waals surface area (Å²) in [5, 5.41) is 0. The molecule has 5 heteroatoms. The predicted molar refractivity (Wildman–Crippen MR) is 98.7 cm³/mol. The average Bonchev–Trinajstić information content (AvgIpc) is 2.98. The Hall–Kier alpha value is -2.69. The number of fused-ring (bicyclic) bond motifs is 1. The first kappa shape index (κ1) is 17.7. The fourth-order valence-corrected chi connectivity index (χ4v) is 4.36. The summed E-state index contributed by atoms with van der Waals surface area (Å²) >= 11 is 0. The van der Waals surface area contributed by atoms with Gasteiger partial charge in [-0.25, -0.2) is 9.18 Å². The molecule has 1 aliphatic heterocycles. The molecule has 1 atom stereocenters. The van der Waals surface area contributed by atoms with E-state index in [4.69, 9.17) is 4.74 Å². The van der Waals surface area contributed by atoms with Crippen molar-refractivity contribution < 1.29 is 18.7 Å². The van der Waals surface area contributed by atoms with Crippen LogP contribution in [0.25, 0.3) is 0 Å². The van der Waals surface area contributed by atoms with Crippen molar-refractivity contribution in [3.63, 3.8) is 0 Å². The normalized spacial score (nSPS) is 21.4. The Labute approximate surface area is 157 Å². The van der Waals surface area contributed by atoms with Crippen molar-refractivity contribution in [2.75, 3.05) is 13.7 Å². The van der Waals surface area contributed by atoms with Gasteiger partial charge in [0.05, 0.1) is 18.1 Å². The van der Waals surface area contributed by atoms with Crippen molar-refractivity contribution in [2.24, 2.45) is 5.41 Å². The maximum Gasteiger partial charge on any atom is 0.337 e. The van der Waals surface area contributed by atoms with Crippen LogP contribution in [0.3, 0.4) is 0 Å². The minimum absolute atomic E-state index is 0.168. The number of likely N-dealkylation sites (tertiary alicyclic amines) is 1. The number of esters is 1. The number of benzene rings is 2. The first-order chi connectivity index (χ1) is 13.0. The molecule has 0 radical (unpaired) electrons. The Kier molecular flexibility index (Phi) is 4.46. The summed E-state index contributed by atoms with van der Waals surface area (Å²) in [6, 6.07) is 12.0. The van der Waals surface area contributed by atoms with E-state index >= 15 is 0 Å². The highest BCUT2D eigenvalue weighted by molar-refractivity contribution is 5.90. The Morgan fingerprint density at radius 2 is 1.93 bits per heavy atom. The molecule has 0 bridgehead atoms. The van der Waals surface area contributed by atoms with Crippen LogP contribution in [0, 0.1) is 11.2 Å². The molecule has 1 amide bonds. The Bertz CT molecular complexity index is 893. The number of hydrogen-bond acceptors (Lipinski definition) is 3. The molecule has 2 aromatic rings. The number of halogens is 1. The zero-order valence-electron chi connectivity index (χ0n) is 15.3. The molecule has 2 aliphatic rings. The van der Waals surface area contributed by atoms with Crippen molar-refractivity contribution in [1.82, 2.24) is 4.90 Å². The Balaban J connectivity index is 1.54. The number of aryl methyl sites for hydroxylation is 1. The van der Waals surface area contributed by atoms with Gasteiger partial charge in [-0.2, -0.15) is 0 Å². The van der Waals surface area contributed by atoms with Gasteiger partial charge in [-0.3, -0.25) is 4.79 Å². The second kappa shape index (κ2) is 6.80. The van der Waals surface area contributed by atoms with Gasteiger partial charge in [-0.05, 0) is 66.6 Å². The van der Waals surface area contributed by atoms with Gasteiger partial charge in [0.25, 0.3) is 0 Å². The molecule has 140 valence electrons. The lowest BCUT2D eigenvalue weighted by Crippen LogP contribution is -2.38. The lowest BCUT2D eigenvalue weighted by Gasteiger charge is -2.33. The van der Waals surface area contributed by atoms with Gasteiger partial charge in [-0.1, -0.05) is 18.2 Å². The molecule has 0 N–H and O–H groups in total. The highest BCUT2D eigenvalue weighted by Gasteiger charge is 2.48. The van der Waals surface area contributed by atoms with E-state index in [2.05, 4.69) is 0 Å². The number of amides is 1. The maximum absolute atomic E-state index is 13.2. The van der Waals surface area contributed by atoms with Crippen LogP contribution in [0.5, 0.6) is 0 Å². The molecule has 0 aromatic heterocycles. The molecule has 2 aromatic carbocycles. The summed E-state index contributed by atoms with van der Waals surface area (Å²) in [5.41, 5.74) is 3.36. The van der Waals surface area contributed by atoms with Gasteiger partial charge in [-0.15, -0.1) is 0 Å². The summed E-state index contributed by atoms with van der Waals surface area (Å²) in [7, 11) is 1.37. The van der Waals surface area contributed by atoms with Crippen LogP contribution in [0.4, 0.5) is 4.39 Å². The van der Waals surface area contributed by atoms with E-state index in [0.29, 0.717) is 25.1 Å². The van der Waals surface area contributed by atoms with E-state index in [1.165, 1.54) is 24.8 Å². The second-order valence-electron chi connectivity index (χ2n) is 7.54. The van der Waals surface area contributed by atoms with Gasteiger partial charge in [0.1, 0.15) is 5.82 Å². The van der Waals surface area contributed by atoms with Crippen LogP contribution in [-0.2, 0) is 28.9 Å². The zero-order valence-corrected chi connectivity index (χ0v) is 15.3. The van der Waals surface area contributed by atoms with E-state index in [9.17, 15) is 14.0 Å². The Morgan fingerprint density at radius 1 is 1.15 bits per heavy atom. The van der Waals surface area contributed by atoms with Crippen molar-refractivity contribution >= 4 is 11.9 Å². The molecule has 1 fully saturated rings. The van der Waals surface area contributed by atoms with Crippen LogP contribution in [-0.4, -0.2) is 30.4 Å². The number of hydrogen-bond donors (Lipinski definition) is 0. The highest BCUT2D eigenvalue weighted by atomic mass is 19.1. The molecule has 0 saturated carbocycles. The fourth-order valence-electron chi connectivity index (χ4n) is 4.36. The topological polar surface area (TPSA) is 46.6 Å². The summed E-state index contributed by atoms with van der Waals surface area (Å²) in [6.45, 7) is 1.22.